The molecule has 0 unspecified atom stereocenters. The number of carbonyl (C=O) groups excluding carboxylic acids is 1. The molecule has 1 aliphatic rings. The lowest BCUT2D eigenvalue weighted by Gasteiger charge is -2.15. The third-order valence-corrected chi connectivity index (χ3v) is 5.72. The number of nitrogens with zero attached hydrogens (tertiary/aromatic N) is 2. The highest BCUT2D eigenvalue weighted by molar-refractivity contribution is 6.36. The maximum atomic E-state index is 13.2. The quantitative estimate of drug-likeness (QED) is 0.383. The summed E-state index contributed by atoms with van der Waals surface area (Å²) in [4.78, 5) is 15.1. The van der Waals surface area contributed by atoms with E-state index in [1.807, 2.05) is 29.2 Å². The summed E-state index contributed by atoms with van der Waals surface area (Å²) in [5.74, 6) is 0.0953. The second-order valence-electron chi connectivity index (χ2n) is 7.75. The minimum atomic E-state index is 0.0953. The van der Waals surface area contributed by atoms with Crippen molar-refractivity contribution in [1.82, 2.24) is 4.57 Å². The minimum absolute atomic E-state index is 0.0953. The molecule has 30 heavy (non-hydrogen) atoms. The number of benzene rings is 3. The van der Waals surface area contributed by atoms with Crippen molar-refractivity contribution in [1.29, 1.82) is 0 Å². The summed E-state index contributed by atoms with van der Waals surface area (Å²) in [6, 6.07) is 27.0. The highest BCUT2D eigenvalue weighted by atomic mass is 16.2. The topological polar surface area (TPSA) is 25.2 Å². The van der Waals surface area contributed by atoms with Gasteiger partial charge in [0.15, 0.2) is 0 Å². The summed E-state index contributed by atoms with van der Waals surface area (Å²) in [5.41, 5.74) is 6.34. The van der Waals surface area contributed by atoms with Gasteiger partial charge in [0.05, 0.1) is 5.69 Å². The Labute approximate surface area is 176 Å². The summed E-state index contributed by atoms with van der Waals surface area (Å²) >= 11 is 0. The van der Waals surface area contributed by atoms with Crippen molar-refractivity contribution < 1.29 is 4.79 Å². The van der Waals surface area contributed by atoms with Gasteiger partial charge in [-0.15, -0.1) is 0 Å². The first-order valence-electron chi connectivity index (χ1n) is 10.5. The largest absolute Gasteiger partial charge is 0.342 e. The van der Waals surface area contributed by atoms with Crippen LogP contribution in [-0.2, 0) is 11.3 Å². The van der Waals surface area contributed by atoms with Crippen LogP contribution in [0.4, 0.5) is 5.69 Å². The van der Waals surface area contributed by atoms with E-state index in [4.69, 9.17) is 0 Å². The van der Waals surface area contributed by atoms with Gasteiger partial charge in [-0.3, -0.25) is 4.79 Å². The van der Waals surface area contributed by atoms with Gasteiger partial charge in [-0.1, -0.05) is 73.7 Å². The van der Waals surface area contributed by atoms with Crippen LogP contribution in [0.25, 0.3) is 22.6 Å². The normalized spacial score (nSPS) is 14.6. The molecule has 0 aliphatic carbocycles. The Kier molecular flexibility index (Phi) is 4.72. The Hall–Kier alpha value is -3.59. The smallest absolute Gasteiger partial charge is 0.258 e. The fourth-order valence-corrected chi connectivity index (χ4v) is 4.35. The Bertz CT molecular complexity index is 1250. The molecule has 3 aromatic carbocycles. The van der Waals surface area contributed by atoms with Crippen molar-refractivity contribution in [3.05, 3.63) is 102 Å². The lowest BCUT2D eigenvalue weighted by Crippen LogP contribution is -2.26. The monoisotopic (exact) mass is 392 g/mol. The first-order valence-corrected chi connectivity index (χ1v) is 10.5. The number of amides is 1. The van der Waals surface area contributed by atoms with Crippen molar-refractivity contribution in [2.24, 2.45) is 0 Å². The van der Waals surface area contributed by atoms with Crippen molar-refractivity contribution in [3.63, 3.8) is 0 Å². The van der Waals surface area contributed by atoms with Gasteiger partial charge in [0, 0.05) is 46.9 Å². The Balaban J connectivity index is 1.62. The van der Waals surface area contributed by atoms with E-state index < -0.39 is 0 Å². The molecule has 148 valence electrons. The predicted octanol–water partition coefficient (Wildman–Crippen LogP) is 5.99. The Morgan fingerprint density at radius 2 is 1.60 bits per heavy atom. The van der Waals surface area contributed by atoms with E-state index in [1.165, 1.54) is 16.5 Å². The van der Waals surface area contributed by atoms with E-state index in [0.717, 1.165) is 41.9 Å². The highest BCUT2D eigenvalue weighted by Gasteiger charge is 2.31. The van der Waals surface area contributed by atoms with E-state index in [9.17, 15) is 4.79 Å². The number of rotatable bonds is 5. The van der Waals surface area contributed by atoms with Crippen molar-refractivity contribution in [2.45, 2.75) is 19.9 Å². The van der Waals surface area contributed by atoms with Crippen LogP contribution in [0, 0.1) is 0 Å². The number of carbonyl (C=O) groups is 1. The zero-order valence-corrected chi connectivity index (χ0v) is 17.1. The van der Waals surface area contributed by atoms with E-state index in [2.05, 4.69) is 78.4 Å². The Morgan fingerprint density at radius 1 is 0.867 bits per heavy atom. The van der Waals surface area contributed by atoms with Crippen molar-refractivity contribution in [3.8, 4) is 0 Å². The van der Waals surface area contributed by atoms with Crippen molar-refractivity contribution >= 4 is 34.1 Å². The molecule has 0 fully saturated rings. The SMILES string of the molecule is CCCN1C(=O)/C(=C\c2cn(Cc3ccccc3)c3ccccc23)c2ccccc21. The first kappa shape index (κ1) is 18.4. The summed E-state index contributed by atoms with van der Waals surface area (Å²) in [5, 5.41) is 1.17. The lowest BCUT2D eigenvalue weighted by molar-refractivity contribution is -0.113. The van der Waals surface area contributed by atoms with E-state index in [0.29, 0.717) is 0 Å². The van der Waals surface area contributed by atoms with Crippen LogP contribution < -0.4 is 4.90 Å². The molecule has 3 heteroatoms. The zero-order valence-electron chi connectivity index (χ0n) is 17.1. The van der Waals surface area contributed by atoms with Crippen LogP contribution in [0.2, 0.25) is 0 Å². The summed E-state index contributed by atoms with van der Waals surface area (Å²) in [7, 11) is 0. The number of aromatic nitrogens is 1. The fourth-order valence-electron chi connectivity index (χ4n) is 4.35. The maximum Gasteiger partial charge on any atom is 0.258 e. The number of para-hydroxylation sites is 2. The van der Waals surface area contributed by atoms with Crippen LogP contribution in [0.1, 0.15) is 30.0 Å². The molecule has 0 spiro atoms. The molecular weight excluding hydrogens is 368 g/mol. The lowest BCUT2D eigenvalue weighted by atomic mass is 10.0. The van der Waals surface area contributed by atoms with Crippen LogP contribution >= 0.6 is 0 Å². The number of anilines is 1. The molecule has 0 radical (unpaired) electrons. The standard InChI is InChI=1S/C27H24N2O/c1-2-16-29-26-15-9-7-13-23(26)24(27(29)30)17-21-19-28(18-20-10-4-3-5-11-20)25-14-8-6-12-22(21)25/h3-15,17,19H,2,16,18H2,1H3/b24-17-. The highest BCUT2D eigenvalue weighted by Crippen LogP contribution is 2.38. The van der Waals surface area contributed by atoms with E-state index >= 15 is 0 Å². The van der Waals surface area contributed by atoms with Crippen LogP contribution in [0.5, 0.6) is 0 Å². The molecule has 1 amide bonds. The average molecular weight is 393 g/mol. The molecule has 0 N–H and O–H groups in total. The number of hydrogen-bond donors (Lipinski definition) is 0. The van der Waals surface area contributed by atoms with Gasteiger partial charge in [-0.25, -0.2) is 0 Å². The molecule has 3 nitrogen and oxygen atoms in total. The van der Waals surface area contributed by atoms with Crippen molar-refractivity contribution in [2.75, 3.05) is 11.4 Å². The third kappa shape index (κ3) is 3.13. The summed E-state index contributed by atoms with van der Waals surface area (Å²) in [6.45, 7) is 3.65. The summed E-state index contributed by atoms with van der Waals surface area (Å²) < 4.78 is 2.27. The van der Waals surface area contributed by atoms with E-state index in [1.54, 1.807) is 0 Å². The molecular formula is C27H24N2O. The predicted molar refractivity (Wildman–Crippen MR) is 124 cm³/mol. The Morgan fingerprint density at radius 3 is 2.43 bits per heavy atom. The van der Waals surface area contributed by atoms with E-state index in [-0.39, 0.29) is 5.91 Å². The number of hydrogen-bond acceptors (Lipinski definition) is 1. The molecule has 0 saturated heterocycles. The third-order valence-electron chi connectivity index (χ3n) is 5.72. The van der Waals surface area contributed by atoms with Gasteiger partial charge in [0.1, 0.15) is 0 Å². The molecule has 0 atom stereocenters. The first-order chi connectivity index (χ1) is 14.8. The van der Waals surface area contributed by atoms with Gasteiger partial charge in [0.2, 0.25) is 0 Å². The number of fused-ring (bicyclic) bond motifs is 2. The summed E-state index contributed by atoms with van der Waals surface area (Å²) in [6.07, 6.45) is 5.17. The molecule has 4 aromatic rings. The molecule has 0 bridgehead atoms. The molecule has 2 heterocycles. The van der Waals surface area contributed by atoms with Gasteiger partial charge in [0.25, 0.3) is 5.91 Å². The maximum absolute atomic E-state index is 13.2. The van der Waals surface area contributed by atoms with Gasteiger partial charge in [-0.2, -0.15) is 0 Å². The zero-order chi connectivity index (χ0) is 20.5. The second kappa shape index (κ2) is 7.68. The minimum Gasteiger partial charge on any atom is -0.342 e. The molecule has 1 aromatic heterocycles. The molecule has 1 aliphatic heterocycles. The average Bonchev–Trinajstić information content (AvgIpc) is 3.26. The van der Waals surface area contributed by atoms with Gasteiger partial charge >= 0.3 is 0 Å². The van der Waals surface area contributed by atoms with Crippen LogP contribution in [0.3, 0.4) is 0 Å². The second-order valence-corrected chi connectivity index (χ2v) is 7.75. The fraction of sp³-hybridized carbons (Fsp3) is 0.148. The van der Waals surface area contributed by atoms with Gasteiger partial charge in [-0.05, 0) is 30.2 Å². The van der Waals surface area contributed by atoms with Crippen LogP contribution in [-0.4, -0.2) is 17.0 Å². The molecule has 5 rings (SSSR count). The van der Waals surface area contributed by atoms with Crippen LogP contribution in [0.15, 0.2) is 85.1 Å². The molecule has 0 saturated carbocycles. The van der Waals surface area contributed by atoms with Gasteiger partial charge < -0.3 is 9.47 Å².